The third-order valence-electron chi connectivity index (χ3n) is 22.6. The second kappa shape index (κ2) is 54.8. The molecule has 3 aromatic carbocycles. The van der Waals surface area contributed by atoms with Crippen LogP contribution in [0, 0.1) is 23.2 Å². The molecule has 3 fully saturated rings. The van der Waals surface area contributed by atoms with Gasteiger partial charge in [-0.25, -0.2) is 0 Å². The molecule has 4 heterocycles. The summed E-state index contributed by atoms with van der Waals surface area (Å²) in [6, 6.07) is -1.37. The first-order chi connectivity index (χ1) is 65.0. The summed E-state index contributed by atoms with van der Waals surface area (Å²) < 4.78 is 0. The summed E-state index contributed by atoms with van der Waals surface area (Å²) in [6.45, 7) is 7.06. The molecule has 3 aliphatic rings. The highest BCUT2D eigenvalue weighted by atomic mass is 32.2. The van der Waals surface area contributed by atoms with E-state index in [4.69, 9.17) is 22.6 Å². The monoisotopic (exact) mass is 1950 g/mol. The van der Waals surface area contributed by atoms with Gasteiger partial charge in [0.25, 0.3) is 0 Å². The number of fused-ring (bicyclic) bond motifs is 3. The number of aromatic nitrogens is 1. The van der Waals surface area contributed by atoms with Crippen molar-refractivity contribution < 1.29 is 111 Å². The summed E-state index contributed by atoms with van der Waals surface area (Å²) in [6.07, 6.45) is -1.53. The fraction of sp³-hybridized carbons (Fsp3) is 0.539. The van der Waals surface area contributed by atoms with Crippen LogP contribution < -0.4 is 102 Å². The number of aromatic amines is 1. The summed E-state index contributed by atoms with van der Waals surface area (Å²) in [5.41, 5.74) is 18.9. The maximum atomic E-state index is 15.6. The minimum atomic E-state index is -1.95. The zero-order valence-electron chi connectivity index (χ0n) is 77.1. The van der Waals surface area contributed by atoms with Gasteiger partial charge in [-0.2, -0.15) is 24.4 Å². The van der Waals surface area contributed by atoms with Gasteiger partial charge in [0.2, 0.25) is 106 Å². The van der Waals surface area contributed by atoms with E-state index in [2.05, 4.69) is 103 Å². The van der Waals surface area contributed by atoms with Gasteiger partial charge in [-0.3, -0.25) is 101 Å². The molecule has 0 radical (unpaired) electrons. The van der Waals surface area contributed by atoms with Crippen LogP contribution >= 0.6 is 24.4 Å². The predicted octanol–water partition coefficient (Wildman–Crippen LogP) is -5.09. The van der Waals surface area contributed by atoms with Gasteiger partial charge in [0.15, 0.2) is 5.96 Å². The van der Waals surface area contributed by atoms with E-state index in [0.717, 1.165) is 0 Å². The minimum Gasteiger partial charge on any atom is -0.508 e. The van der Waals surface area contributed by atoms with Crippen molar-refractivity contribution in [1.82, 2.24) is 99.9 Å². The highest BCUT2D eigenvalue weighted by Gasteiger charge is 2.45. The number of benzene rings is 3. The maximum Gasteiger partial charge on any atom is 0.303 e. The van der Waals surface area contributed by atoms with Crippen LogP contribution in [-0.4, -0.2) is 302 Å². The third-order valence-corrected chi connectivity index (χ3v) is 24.1. The molecule has 3 saturated heterocycles. The number of guanidine groups is 1. The molecule has 4 aromatic rings. The summed E-state index contributed by atoms with van der Waals surface area (Å²) in [5.74, 6) is -23.7. The van der Waals surface area contributed by atoms with Crippen LogP contribution in [0.25, 0.3) is 10.9 Å². The van der Waals surface area contributed by atoms with Crippen molar-refractivity contribution >= 4 is 160 Å². The van der Waals surface area contributed by atoms with Crippen LogP contribution in [-0.2, 0) is 115 Å². The number of thioether (sulfide) groups is 1. The molecule has 48 heteroatoms. The van der Waals surface area contributed by atoms with E-state index >= 15 is 28.8 Å². The first-order valence-electron chi connectivity index (χ1n) is 45.1. The number of carboxylic acid groups (broad SMARTS) is 2. The van der Waals surface area contributed by atoms with Gasteiger partial charge in [0, 0.05) is 86.1 Å². The number of phenols is 1. The molecule has 0 bridgehead atoms. The molecule has 0 saturated carbocycles. The fourth-order valence-electron chi connectivity index (χ4n) is 15.4. The van der Waals surface area contributed by atoms with E-state index < -0.39 is 278 Å². The Morgan fingerprint density at radius 3 is 1.70 bits per heavy atom. The molecule has 18 amide bonds. The van der Waals surface area contributed by atoms with Crippen molar-refractivity contribution in [2.24, 2.45) is 35.0 Å². The molecule has 0 spiro atoms. The number of nitrogens with zero attached hydrogens (tertiary/aromatic N) is 2. The lowest BCUT2D eigenvalue weighted by Crippen LogP contribution is -2.61. The lowest BCUT2D eigenvalue weighted by Gasteiger charge is -2.32. The van der Waals surface area contributed by atoms with Crippen LogP contribution in [0.4, 0.5) is 0 Å². The van der Waals surface area contributed by atoms with E-state index in [1.165, 1.54) is 34.1 Å². The van der Waals surface area contributed by atoms with E-state index in [0.29, 0.717) is 45.8 Å². The van der Waals surface area contributed by atoms with Crippen LogP contribution in [0.1, 0.15) is 135 Å². The third kappa shape index (κ3) is 36.2. The number of para-hydroxylation sites is 1. The number of aliphatic carboxylic acids is 2. The van der Waals surface area contributed by atoms with Crippen LogP contribution in [0.2, 0.25) is 0 Å². The summed E-state index contributed by atoms with van der Waals surface area (Å²) in [5, 5.41) is 79.3. The molecular weight excluding hydrogens is 1820 g/mol. The number of nitrogens with one attached hydrogen (secondary N) is 18. The van der Waals surface area contributed by atoms with Crippen molar-refractivity contribution in [2.45, 2.75) is 222 Å². The van der Waals surface area contributed by atoms with E-state index in [9.17, 15) is 82.4 Å². The second-order valence-corrected chi connectivity index (χ2v) is 36.2. The van der Waals surface area contributed by atoms with Gasteiger partial charge < -0.3 is 132 Å². The summed E-state index contributed by atoms with van der Waals surface area (Å²) in [7, 11) is 0. The first-order valence-corrected chi connectivity index (χ1v) is 46.9. The van der Waals surface area contributed by atoms with Crippen molar-refractivity contribution in [2.75, 3.05) is 63.1 Å². The number of carbonyl (C=O) groups excluding carboxylic acids is 18. The highest BCUT2D eigenvalue weighted by Crippen LogP contribution is 2.27. The zero-order chi connectivity index (χ0) is 101. The van der Waals surface area contributed by atoms with Gasteiger partial charge in [0.1, 0.15) is 84.3 Å². The average Bonchev–Trinajstić information content (AvgIpc) is 1.65. The van der Waals surface area contributed by atoms with Crippen molar-refractivity contribution in [3.8, 4) is 5.75 Å². The highest BCUT2D eigenvalue weighted by molar-refractivity contribution is 7.99. The number of rotatable bonds is 43. The lowest BCUT2D eigenvalue weighted by atomic mass is 9.98. The number of phenolic OH excluding ortho intramolecular Hbond substituents is 1. The maximum absolute atomic E-state index is 15.6. The largest absolute Gasteiger partial charge is 0.508 e. The molecule has 14 atom stereocenters. The van der Waals surface area contributed by atoms with Crippen molar-refractivity contribution in [3.05, 3.63) is 102 Å². The predicted molar refractivity (Wildman–Crippen MR) is 502 cm³/mol. The Kier molecular flexibility index (Phi) is 44.1. The van der Waals surface area contributed by atoms with Crippen LogP contribution in [0.5, 0.6) is 5.75 Å². The minimum absolute atomic E-state index is 0.00265. The Morgan fingerprint density at radius 2 is 1.08 bits per heavy atom. The Labute approximate surface area is 800 Å². The van der Waals surface area contributed by atoms with Crippen molar-refractivity contribution in [3.63, 3.8) is 0 Å². The molecule has 0 unspecified atom stereocenters. The number of primary amides is 1. The van der Waals surface area contributed by atoms with Crippen molar-refractivity contribution in [1.29, 1.82) is 5.41 Å². The van der Waals surface area contributed by atoms with Gasteiger partial charge in [-0.05, 0) is 117 Å². The number of hydrogen-bond donors (Lipinski definition) is 25. The normalized spacial score (nSPS) is 19.1. The first kappa shape index (κ1) is 110. The van der Waals surface area contributed by atoms with E-state index in [1.54, 1.807) is 102 Å². The smallest absolute Gasteiger partial charge is 0.303 e. The number of H-pyrrole nitrogens is 1. The average molecular weight is 1950 g/mol. The molecular formula is C89H127N23O23S2. The van der Waals surface area contributed by atoms with Gasteiger partial charge in [-0.1, -0.05) is 102 Å². The topological polar surface area (TPSA) is 719 Å². The fourth-order valence-corrected chi connectivity index (χ4v) is 16.7. The number of carbonyl (C=O) groups is 20. The molecule has 3 aliphatic heterocycles. The van der Waals surface area contributed by atoms with E-state index in [-0.39, 0.29) is 108 Å². The molecule has 27 N–H and O–H groups in total. The molecule has 46 nitrogen and oxygen atoms in total. The van der Waals surface area contributed by atoms with Gasteiger partial charge in [0.05, 0.1) is 32.2 Å². The number of carboxylic acids is 2. The lowest BCUT2D eigenvalue weighted by molar-refractivity contribution is -0.147. The summed E-state index contributed by atoms with van der Waals surface area (Å²) >= 11 is 4.83. The number of nitrogens with two attached hydrogens (primary N) is 3. The molecule has 1 aromatic heterocycles. The van der Waals surface area contributed by atoms with Gasteiger partial charge >= 0.3 is 11.9 Å². The Hall–Kier alpha value is -13.7. The molecule has 137 heavy (non-hydrogen) atoms. The molecule has 0 aliphatic carbocycles. The number of thiol groups is 1. The molecule has 7 rings (SSSR count). The second-order valence-electron chi connectivity index (χ2n) is 34.8. The van der Waals surface area contributed by atoms with E-state index in [1.807, 2.05) is 0 Å². The Morgan fingerprint density at radius 1 is 0.540 bits per heavy atom. The SMILES string of the molecule is CC(C)C[C@H](NC(=O)[C@@H]1CSC[C@H](NC(=O)[C@H](Cc2ccccc2)NC(=O)[C@H](CCCNC(=N)N)NC(=O)[C@H](Cc2c[nH]c3ccccc23)NC(=O)[C@@H](N)CCC(=O)O)C(=O)NCC(=O)NCC(=O)NCC(=O)N2CCC[C@@H]2C(=O)N2CCC[C@H]2C(=O)N[C@@H](CCC(=O)O)C(=O)N1)C(=O)N[C@@H](Cc1ccc(O)cc1)C(=O)N[C@@H](CC(C)C)C(=O)N[C@H](C(=O)N[C@H](CS)C(=O)NCC(N)=O)C(C)C. The number of hydrogen-bond acceptors (Lipinski definition) is 25. The summed E-state index contributed by atoms with van der Waals surface area (Å²) in [4.78, 5) is 288. The zero-order valence-corrected chi connectivity index (χ0v) is 78.8. The van der Waals surface area contributed by atoms with Crippen LogP contribution in [0.3, 0.4) is 0 Å². The van der Waals surface area contributed by atoms with Gasteiger partial charge in [-0.15, -0.1) is 0 Å². The number of amides is 18. The Bertz CT molecular complexity index is 4970. The van der Waals surface area contributed by atoms with Crippen LogP contribution in [0.15, 0.2) is 85.1 Å². The standard InChI is InChI=1S/C89H127N23O23S2/c1-46(2)33-58(80(127)106-61(36-50-22-24-52(113)25-23-50)81(128)103-59(34-47(3)4)84(131)110-74(48(5)6)87(134)107-63(43-136)76(123)98-39-68(91)114)104-85(132)65-45-137-44-64(77(124)99-41-70(116)96-40-69(115)97-42-71(117)111-31-14-21-67(111)88(135)112-32-13-20-66(112)86(133)101-57(79(126)109-65)27-29-73(120)121)108-82(129)60(35-49-15-8-7-9-16-49)105-78(125)56(19-12-30-94-89(92)93)100-83(130)62(102-75(122)54(90)26-28-72(118)119)37-51-38-95-55-18-11-10-17-53(51)55/h7-11,15-18,22-25,38,46-48,54,56-67,74,95,113,136H,12-14,19-21,26-37,39-45,90H2,1-6H3,(H2,91,114)(H,96,116)(H,97,115)(H,98,123)(H,99,124)(H,100,130)(H,101,133)(H,102,122)(H,103,128)(H,104,132)(H,105,125)(H,106,127)(H,107,134)(H,108,129)(H,109,126)(H,110,131)(H,118,119)(H,120,121)(H4,92,93,94)/t54-,56-,57-,58-,59-,60-,61-,62-,63+,64-,65-,66-,67+,74-/m0/s1. The molecule has 748 valence electrons. The Balaban J connectivity index is 1.28. The number of aromatic hydroxyl groups is 1. The quantitative estimate of drug-likeness (QED) is 0.00853.